The molecule has 0 radical (unpaired) electrons. The Hall–Kier alpha value is -2.26. The van der Waals surface area contributed by atoms with Gasteiger partial charge >= 0.3 is 0 Å². The molecule has 1 fully saturated rings. The lowest BCUT2D eigenvalue weighted by atomic mass is 9.98. The Morgan fingerprint density at radius 3 is 2.30 bits per heavy atom. The summed E-state index contributed by atoms with van der Waals surface area (Å²) in [6, 6.07) is 6.76. The molecule has 0 atom stereocenters. The Morgan fingerprint density at radius 2 is 1.74 bits per heavy atom. The molecule has 1 heterocycles. The fourth-order valence-corrected chi connectivity index (χ4v) is 4.22. The first-order chi connectivity index (χ1) is 12.7. The molecule has 0 aromatic heterocycles. The maximum atomic E-state index is 12.7. The van der Waals surface area contributed by atoms with Crippen molar-refractivity contribution in [2.75, 3.05) is 19.6 Å². The van der Waals surface area contributed by atoms with Crippen molar-refractivity contribution in [1.82, 2.24) is 15.0 Å². The molecule has 9 heteroatoms. The molecule has 2 N–H and O–H groups in total. The minimum atomic E-state index is -3.54. The van der Waals surface area contributed by atoms with Gasteiger partial charge < -0.3 is 5.32 Å². The zero-order valence-electron chi connectivity index (χ0n) is 15.9. The van der Waals surface area contributed by atoms with Gasteiger partial charge in [-0.2, -0.15) is 9.41 Å². The minimum Gasteiger partial charge on any atom is -0.351 e. The smallest absolute Gasteiger partial charge is 0.243 e. The number of nitrogens with zero attached hydrogens (tertiary/aromatic N) is 2. The number of sulfonamides is 1. The van der Waals surface area contributed by atoms with Crippen LogP contribution < -0.4 is 10.7 Å². The van der Waals surface area contributed by atoms with E-state index in [0.29, 0.717) is 31.6 Å². The topological polar surface area (TPSA) is 108 Å². The van der Waals surface area contributed by atoms with Crippen LogP contribution in [0.25, 0.3) is 0 Å². The van der Waals surface area contributed by atoms with Crippen LogP contribution in [0.15, 0.2) is 34.3 Å². The molecular weight excluding hydrogens is 368 g/mol. The summed E-state index contributed by atoms with van der Waals surface area (Å²) in [5.74, 6) is -0.686. The zero-order chi connectivity index (χ0) is 20.0. The van der Waals surface area contributed by atoms with E-state index in [9.17, 15) is 18.0 Å². The van der Waals surface area contributed by atoms with Crippen LogP contribution in [0.4, 0.5) is 0 Å². The first-order valence-corrected chi connectivity index (χ1v) is 10.3. The van der Waals surface area contributed by atoms with Gasteiger partial charge in [-0.25, -0.2) is 13.8 Å². The predicted molar refractivity (Wildman–Crippen MR) is 103 cm³/mol. The summed E-state index contributed by atoms with van der Waals surface area (Å²) in [6.45, 7) is 5.87. The number of amides is 2. The average Bonchev–Trinajstić information content (AvgIpc) is 2.64. The first-order valence-electron chi connectivity index (χ1n) is 8.84. The molecule has 0 spiro atoms. The molecule has 0 saturated carbocycles. The Balaban J connectivity index is 1.89. The Morgan fingerprint density at radius 1 is 1.15 bits per heavy atom. The van der Waals surface area contributed by atoms with Gasteiger partial charge in [-0.1, -0.05) is 17.7 Å². The van der Waals surface area contributed by atoms with Crippen molar-refractivity contribution in [2.45, 2.75) is 38.5 Å². The molecule has 2 amide bonds. The van der Waals surface area contributed by atoms with Crippen molar-refractivity contribution in [2.24, 2.45) is 11.0 Å². The summed E-state index contributed by atoms with van der Waals surface area (Å²) in [7, 11) is -3.54. The molecule has 2 rings (SSSR count). The molecule has 0 aliphatic carbocycles. The number of aryl methyl sites for hydroxylation is 1. The SMILES string of the molecule is CC(=O)NC/C(C)=N/NC(=O)C1CCN(S(=O)(=O)c2ccc(C)cc2)CC1. The minimum absolute atomic E-state index is 0.168. The molecular formula is C18H26N4O4S. The van der Waals surface area contributed by atoms with E-state index in [-0.39, 0.29) is 29.2 Å². The number of benzene rings is 1. The van der Waals surface area contributed by atoms with Gasteiger partial charge in [-0.15, -0.1) is 0 Å². The van der Waals surface area contributed by atoms with Crippen LogP contribution in [-0.2, 0) is 19.6 Å². The van der Waals surface area contributed by atoms with E-state index in [1.54, 1.807) is 31.2 Å². The Labute approximate surface area is 160 Å². The van der Waals surface area contributed by atoms with Crippen LogP contribution in [0.2, 0.25) is 0 Å². The Kier molecular flexibility index (Phi) is 7.09. The summed E-state index contributed by atoms with van der Waals surface area (Å²) in [5.41, 5.74) is 4.08. The van der Waals surface area contributed by atoms with Gasteiger partial charge in [0.2, 0.25) is 21.8 Å². The summed E-state index contributed by atoms with van der Waals surface area (Å²) in [4.78, 5) is 23.4. The maximum Gasteiger partial charge on any atom is 0.243 e. The van der Waals surface area contributed by atoms with Crippen LogP contribution in [0.1, 0.15) is 32.3 Å². The van der Waals surface area contributed by atoms with E-state index >= 15 is 0 Å². The lowest BCUT2D eigenvalue weighted by Gasteiger charge is -2.30. The van der Waals surface area contributed by atoms with Gasteiger partial charge in [0, 0.05) is 25.9 Å². The van der Waals surface area contributed by atoms with Crippen LogP contribution >= 0.6 is 0 Å². The molecule has 27 heavy (non-hydrogen) atoms. The van der Waals surface area contributed by atoms with Gasteiger partial charge in [0.15, 0.2) is 0 Å². The molecule has 1 aliphatic rings. The average molecular weight is 394 g/mol. The monoisotopic (exact) mass is 394 g/mol. The van der Waals surface area contributed by atoms with E-state index in [2.05, 4.69) is 15.8 Å². The highest BCUT2D eigenvalue weighted by atomic mass is 32.2. The third-order valence-electron chi connectivity index (χ3n) is 4.43. The van der Waals surface area contributed by atoms with Gasteiger partial charge in [-0.3, -0.25) is 9.59 Å². The van der Waals surface area contributed by atoms with Crippen molar-refractivity contribution < 1.29 is 18.0 Å². The molecule has 0 bridgehead atoms. The number of nitrogens with one attached hydrogen (secondary N) is 2. The standard InChI is InChI=1S/C18H26N4O4S/c1-13-4-6-17(7-5-13)27(25,26)22-10-8-16(9-11-22)18(24)21-20-14(2)12-19-15(3)23/h4-7,16H,8-12H2,1-3H3,(H,19,23)(H,21,24)/b20-14+. The van der Waals surface area contributed by atoms with Crippen molar-refractivity contribution >= 4 is 27.5 Å². The first kappa shape index (κ1) is 21.0. The summed E-state index contributed by atoms with van der Waals surface area (Å²) in [5, 5.41) is 6.56. The maximum absolute atomic E-state index is 12.7. The van der Waals surface area contributed by atoms with E-state index < -0.39 is 10.0 Å². The summed E-state index contributed by atoms with van der Waals surface area (Å²) < 4.78 is 26.8. The number of hydrogen-bond acceptors (Lipinski definition) is 5. The number of carbonyl (C=O) groups excluding carboxylic acids is 2. The predicted octanol–water partition coefficient (Wildman–Crippen LogP) is 1.02. The van der Waals surface area contributed by atoms with Crippen molar-refractivity contribution in [3.8, 4) is 0 Å². The third kappa shape index (κ3) is 5.86. The van der Waals surface area contributed by atoms with Crippen molar-refractivity contribution in [3.05, 3.63) is 29.8 Å². The van der Waals surface area contributed by atoms with Crippen LogP contribution in [-0.4, -0.2) is 49.9 Å². The van der Waals surface area contributed by atoms with Crippen LogP contribution in [0.3, 0.4) is 0 Å². The Bertz CT molecular complexity index is 810. The second kappa shape index (κ2) is 9.09. The molecule has 1 saturated heterocycles. The quantitative estimate of drug-likeness (QED) is 0.555. The molecule has 148 valence electrons. The second-order valence-corrected chi connectivity index (χ2v) is 8.66. The third-order valence-corrected chi connectivity index (χ3v) is 6.35. The van der Waals surface area contributed by atoms with Gasteiger partial charge in [-0.05, 0) is 38.8 Å². The summed E-state index contributed by atoms with van der Waals surface area (Å²) in [6.07, 6.45) is 0.883. The second-order valence-electron chi connectivity index (χ2n) is 6.72. The molecule has 1 aliphatic heterocycles. The zero-order valence-corrected chi connectivity index (χ0v) is 16.7. The molecule has 1 aromatic carbocycles. The van der Waals surface area contributed by atoms with E-state index in [0.717, 1.165) is 5.56 Å². The van der Waals surface area contributed by atoms with Gasteiger partial charge in [0.25, 0.3) is 0 Å². The number of hydrazone groups is 1. The van der Waals surface area contributed by atoms with Crippen molar-refractivity contribution in [3.63, 3.8) is 0 Å². The number of carbonyl (C=O) groups is 2. The van der Waals surface area contributed by atoms with E-state index in [1.807, 2.05) is 6.92 Å². The van der Waals surface area contributed by atoms with E-state index in [4.69, 9.17) is 0 Å². The lowest BCUT2D eigenvalue weighted by Crippen LogP contribution is -2.42. The highest BCUT2D eigenvalue weighted by Crippen LogP contribution is 2.24. The van der Waals surface area contributed by atoms with Crippen LogP contribution in [0, 0.1) is 12.8 Å². The molecule has 8 nitrogen and oxygen atoms in total. The normalized spacial score (nSPS) is 16.8. The largest absolute Gasteiger partial charge is 0.351 e. The van der Waals surface area contributed by atoms with E-state index in [1.165, 1.54) is 11.2 Å². The number of rotatable bonds is 6. The van der Waals surface area contributed by atoms with Gasteiger partial charge in [0.1, 0.15) is 0 Å². The highest BCUT2D eigenvalue weighted by Gasteiger charge is 2.32. The molecule has 0 unspecified atom stereocenters. The fraction of sp³-hybridized carbons (Fsp3) is 0.500. The van der Waals surface area contributed by atoms with Crippen molar-refractivity contribution in [1.29, 1.82) is 0 Å². The van der Waals surface area contributed by atoms with Gasteiger partial charge in [0.05, 0.1) is 17.2 Å². The van der Waals surface area contributed by atoms with Crippen LogP contribution in [0.5, 0.6) is 0 Å². The number of hydrogen-bond donors (Lipinski definition) is 2. The number of piperidine rings is 1. The lowest BCUT2D eigenvalue weighted by molar-refractivity contribution is -0.126. The molecule has 1 aromatic rings. The highest BCUT2D eigenvalue weighted by molar-refractivity contribution is 7.89. The summed E-state index contributed by atoms with van der Waals surface area (Å²) >= 11 is 0. The fourth-order valence-electron chi connectivity index (χ4n) is 2.75.